The molecule has 2 fully saturated rings. The number of Topliss-reactive ketones (excluding diaryl/α,β-unsaturated/α-hetero) is 1. The minimum atomic E-state index is -4.13. The minimum absolute atomic E-state index is 0.00184. The van der Waals surface area contributed by atoms with E-state index in [2.05, 4.69) is 5.32 Å². The fourth-order valence-corrected chi connectivity index (χ4v) is 2.99. The number of hydrogen-bond acceptors (Lipinski definition) is 2. The Morgan fingerprint density at radius 2 is 1.76 bits per heavy atom. The molecule has 0 amide bonds. The quantitative estimate of drug-likeness (QED) is 0.830. The zero-order valence-corrected chi connectivity index (χ0v) is 9.72. The maximum absolute atomic E-state index is 12.0. The van der Waals surface area contributed by atoms with Gasteiger partial charge in [-0.1, -0.05) is 0 Å². The van der Waals surface area contributed by atoms with Gasteiger partial charge in [-0.15, -0.1) is 0 Å². The lowest BCUT2D eigenvalue weighted by Gasteiger charge is -2.28. The number of ketones is 1. The largest absolute Gasteiger partial charge is 0.389 e. The number of fused-ring (bicyclic) bond motifs is 2. The van der Waals surface area contributed by atoms with E-state index >= 15 is 0 Å². The maximum Gasteiger partial charge on any atom is 0.389 e. The van der Waals surface area contributed by atoms with Crippen LogP contribution in [0, 0.1) is 5.92 Å². The average Bonchev–Trinajstić information content (AvgIpc) is 2.55. The number of hydrogen-bond donors (Lipinski definition) is 1. The molecule has 2 bridgehead atoms. The van der Waals surface area contributed by atoms with Gasteiger partial charge in [0.1, 0.15) is 5.78 Å². The van der Waals surface area contributed by atoms with E-state index in [0.29, 0.717) is 12.1 Å². The van der Waals surface area contributed by atoms with Gasteiger partial charge in [0.15, 0.2) is 0 Å². The number of halogens is 3. The first-order valence-electron chi connectivity index (χ1n) is 6.29. The lowest BCUT2D eigenvalue weighted by molar-refractivity contribution is -0.137. The van der Waals surface area contributed by atoms with Gasteiger partial charge in [-0.3, -0.25) is 4.79 Å². The van der Waals surface area contributed by atoms with Gasteiger partial charge in [0.05, 0.1) is 0 Å². The number of alkyl halides is 3. The summed E-state index contributed by atoms with van der Waals surface area (Å²) >= 11 is 0. The molecule has 2 rings (SSSR count). The summed E-state index contributed by atoms with van der Waals surface area (Å²) in [6.07, 6.45) is -1.08. The van der Waals surface area contributed by atoms with Crippen molar-refractivity contribution in [3.05, 3.63) is 0 Å². The van der Waals surface area contributed by atoms with Gasteiger partial charge in [-0.05, 0) is 32.1 Å². The van der Waals surface area contributed by atoms with E-state index in [1.807, 2.05) is 0 Å². The van der Waals surface area contributed by atoms with Gasteiger partial charge in [0.25, 0.3) is 0 Å². The molecule has 0 radical (unpaired) electrons. The molecule has 5 heteroatoms. The van der Waals surface area contributed by atoms with Crippen molar-refractivity contribution in [2.75, 3.05) is 0 Å². The van der Waals surface area contributed by atoms with Crippen molar-refractivity contribution in [1.29, 1.82) is 0 Å². The number of piperidine rings is 1. The molecular weight excluding hydrogens is 231 g/mol. The predicted octanol–water partition coefficient (Wildman–Crippen LogP) is 2.82. The number of carbonyl (C=O) groups excluding carboxylic acids is 1. The molecule has 17 heavy (non-hydrogen) atoms. The first-order chi connectivity index (χ1) is 7.94. The fraction of sp³-hybridized carbons (Fsp3) is 0.917. The molecule has 1 N–H and O–H groups in total. The molecule has 0 aliphatic carbocycles. The van der Waals surface area contributed by atoms with Crippen LogP contribution in [0.2, 0.25) is 0 Å². The Labute approximate surface area is 98.9 Å². The van der Waals surface area contributed by atoms with Crippen molar-refractivity contribution in [3.8, 4) is 0 Å². The normalized spacial score (nSPS) is 32.8. The molecule has 2 atom stereocenters. The second-order valence-corrected chi connectivity index (χ2v) is 5.24. The molecule has 2 heterocycles. The highest BCUT2D eigenvalue weighted by molar-refractivity contribution is 5.81. The predicted molar refractivity (Wildman–Crippen MR) is 57.6 cm³/mol. The smallest absolute Gasteiger partial charge is 0.311 e. The van der Waals surface area contributed by atoms with E-state index in [9.17, 15) is 18.0 Å². The van der Waals surface area contributed by atoms with Gasteiger partial charge in [0, 0.05) is 30.8 Å². The van der Waals surface area contributed by atoms with Crippen molar-refractivity contribution < 1.29 is 18.0 Å². The molecule has 0 aromatic heterocycles. The SMILES string of the molecule is O=C(CCCC(F)(F)F)C1CC2CCC(C1)N2. The highest BCUT2D eigenvalue weighted by Crippen LogP contribution is 2.32. The Balaban J connectivity index is 1.73. The van der Waals surface area contributed by atoms with E-state index in [0.717, 1.165) is 25.7 Å². The van der Waals surface area contributed by atoms with Crippen LogP contribution < -0.4 is 5.32 Å². The van der Waals surface area contributed by atoms with Crippen LogP contribution in [0.15, 0.2) is 0 Å². The molecule has 2 aliphatic heterocycles. The van der Waals surface area contributed by atoms with Crippen LogP contribution in [0.25, 0.3) is 0 Å². The van der Waals surface area contributed by atoms with Gasteiger partial charge in [0.2, 0.25) is 0 Å². The Morgan fingerprint density at radius 3 is 2.29 bits per heavy atom. The lowest BCUT2D eigenvalue weighted by atomic mass is 9.87. The van der Waals surface area contributed by atoms with Crippen molar-refractivity contribution in [3.63, 3.8) is 0 Å². The minimum Gasteiger partial charge on any atom is -0.311 e. The first kappa shape index (κ1) is 12.9. The summed E-state index contributed by atoms with van der Waals surface area (Å²) in [5.41, 5.74) is 0. The molecule has 0 spiro atoms. The summed E-state index contributed by atoms with van der Waals surface area (Å²) in [7, 11) is 0. The van der Waals surface area contributed by atoms with Crippen LogP contribution in [0.5, 0.6) is 0 Å². The van der Waals surface area contributed by atoms with E-state index in [1.165, 1.54) is 0 Å². The Bertz CT molecular complexity index is 278. The molecule has 2 unspecified atom stereocenters. The zero-order valence-electron chi connectivity index (χ0n) is 9.72. The van der Waals surface area contributed by atoms with Crippen molar-refractivity contribution >= 4 is 5.78 Å². The Hall–Kier alpha value is -0.580. The third-order valence-corrected chi connectivity index (χ3v) is 3.81. The molecule has 0 aromatic carbocycles. The Morgan fingerprint density at radius 1 is 1.18 bits per heavy atom. The molecule has 0 saturated carbocycles. The van der Waals surface area contributed by atoms with Gasteiger partial charge in [-0.2, -0.15) is 13.2 Å². The van der Waals surface area contributed by atoms with Crippen LogP contribution in [0.3, 0.4) is 0 Å². The molecule has 98 valence electrons. The lowest BCUT2D eigenvalue weighted by Crippen LogP contribution is -2.40. The van der Waals surface area contributed by atoms with Crippen molar-refractivity contribution in [2.45, 2.75) is 63.2 Å². The second kappa shape index (κ2) is 4.96. The summed E-state index contributed by atoms with van der Waals surface area (Å²) in [6.45, 7) is 0. The number of nitrogens with one attached hydrogen (secondary N) is 1. The first-order valence-corrected chi connectivity index (χ1v) is 6.29. The third kappa shape index (κ3) is 3.69. The molecular formula is C12H18F3NO. The fourth-order valence-electron chi connectivity index (χ4n) is 2.99. The number of carbonyl (C=O) groups is 1. The molecule has 2 nitrogen and oxygen atoms in total. The van der Waals surface area contributed by atoms with E-state index in [4.69, 9.17) is 0 Å². The number of rotatable bonds is 4. The summed E-state index contributed by atoms with van der Waals surface area (Å²) in [6, 6.07) is 0.843. The topological polar surface area (TPSA) is 29.1 Å². The van der Waals surface area contributed by atoms with Crippen LogP contribution in [0.4, 0.5) is 13.2 Å². The summed E-state index contributed by atoms with van der Waals surface area (Å²) < 4.78 is 35.9. The van der Waals surface area contributed by atoms with Crippen molar-refractivity contribution in [2.24, 2.45) is 5.92 Å². The average molecular weight is 249 g/mol. The third-order valence-electron chi connectivity index (χ3n) is 3.81. The summed E-state index contributed by atoms with van der Waals surface area (Å²) in [5.74, 6) is 0.0367. The van der Waals surface area contributed by atoms with Crippen LogP contribution in [-0.2, 0) is 4.79 Å². The standard InChI is InChI=1S/C12H18F3NO/c13-12(14,15)5-1-2-11(17)8-6-9-3-4-10(7-8)16-9/h8-10,16H,1-7H2. The van der Waals surface area contributed by atoms with Gasteiger partial charge >= 0.3 is 6.18 Å². The van der Waals surface area contributed by atoms with Crippen LogP contribution >= 0.6 is 0 Å². The highest BCUT2D eigenvalue weighted by atomic mass is 19.4. The van der Waals surface area contributed by atoms with E-state index in [-0.39, 0.29) is 24.5 Å². The monoisotopic (exact) mass is 249 g/mol. The zero-order chi connectivity index (χ0) is 12.5. The summed E-state index contributed by atoms with van der Waals surface area (Å²) in [4.78, 5) is 11.8. The van der Waals surface area contributed by atoms with Crippen molar-refractivity contribution in [1.82, 2.24) is 5.32 Å². The van der Waals surface area contributed by atoms with Crippen LogP contribution in [-0.4, -0.2) is 24.0 Å². The Kier molecular flexibility index (Phi) is 3.76. The van der Waals surface area contributed by atoms with Gasteiger partial charge < -0.3 is 5.32 Å². The maximum atomic E-state index is 12.0. The van der Waals surface area contributed by atoms with E-state index < -0.39 is 12.6 Å². The van der Waals surface area contributed by atoms with Crippen LogP contribution in [0.1, 0.15) is 44.9 Å². The van der Waals surface area contributed by atoms with Gasteiger partial charge in [-0.25, -0.2) is 0 Å². The second-order valence-electron chi connectivity index (χ2n) is 5.24. The van der Waals surface area contributed by atoms with E-state index in [1.54, 1.807) is 0 Å². The summed E-state index contributed by atoms with van der Waals surface area (Å²) in [5, 5.41) is 3.42. The molecule has 2 aliphatic rings. The highest BCUT2D eigenvalue weighted by Gasteiger charge is 2.36. The molecule has 2 saturated heterocycles. The molecule has 0 aromatic rings.